The highest BCUT2D eigenvalue weighted by molar-refractivity contribution is 5.77. The summed E-state index contributed by atoms with van der Waals surface area (Å²) in [6.45, 7) is 2.31. The van der Waals surface area contributed by atoms with Gasteiger partial charge in [-0.25, -0.2) is 14.8 Å². The van der Waals surface area contributed by atoms with Crippen LogP contribution in [0.1, 0.15) is 26.2 Å². The number of rotatable bonds is 9. The lowest BCUT2D eigenvalue weighted by molar-refractivity contribution is -0.118. The average molecular weight is 357 g/mol. The van der Waals surface area contributed by atoms with E-state index in [1.807, 2.05) is 37.3 Å². The smallest absolute Gasteiger partial charge is 0.408 e. The first kappa shape index (κ1) is 19.2. The monoisotopic (exact) mass is 357 g/mol. The van der Waals surface area contributed by atoms with E-state index in [9.17, 15) is 9.59 Å². The molecule has 3 N–H and O–H groups in total. The minimum atomic E-state index is -0.786. The summed E-state index contributed by atoms with van der Waals surface area (Å²) in [5, 5.41) is 2.69. The highest BCUT2D eigenvalue weighted by Gasteiger charge is 2.26. The van der Waals surface area contributed by atoms with Crippen LogP contribution in [0.3, 0.4) is 0 Å². The maximum atomic E-state index is 12.1. The Hall–Kier alpha value is -3.16. The standard InChI is InChI=1S/C18H23N5O3/c1-2-3-12-26-18(25)22-16(13-15(19)24)23(14-8-5-4-6-9-14)17-20-10-7-11-21-17/h4-11,16H,2-3,12-13H2,1H3,(H2,19,24)(H,22,25). The molecule has 2 aromatic rings. The lowest BCUT2D eigenvalue weighted by Crippen LogP contribution is -2.49. The van der Waals surface area contributed by atoms with E-state index in [1.165, 1.54) is 0 Å². The van der Waals surface area contributed by atoms with Gasteiger partial charge < -0.3 is 15.8 Å². The minimum absolute atomic E-state index is 0.129. The Morgan fingerprint density at radius 2 is 1.88 bits per heavy atom. The summed E-state index contributed by atoms with van der Waals surface area (Å²) >= 11 is 0. The van der Waals surface area contributed by atoms with Crippen molar-refractivity contribution in [1.82, 2.24) is 15.3 Å². The molecule has 8 nitrogen and oxygen atoms in total. The quantitative estimate of drug-likeness (QED) is 0.526. The van der Waals surface area contributed by atoms with Gasteiger partial charge >= 0.3 is 6.09 Å². The summed E-state index contributed by atoms with van der Waals surface area (Å²) in [4.78, 5) is 33.8. The number of hydrogen-bond donors (Lipinski definition) is 2. The van der Waals surface area contributed by atoms with E-state index in [-0.39, 0.29) is 6.42 Å². The number of hydrogen-bond acceptors (Lipinski definition) is 6. The molecule has 0 radical (unpaired) electrons. The maximum absolute atomic E-state index is 12.1. The van der Waals surface area contributed by atoms with Crippen LogP contribution >= 0.6 is 0 Å². The molecule has 1 heterocycles. The van der Waals surface area contributed by atoms with E-state index < -0.39 is 18.2 Å². The molecule has 0 aliphatic heterocycles. The molecule has 1 aromatic carbocycles. The number of primary amides is 1. The Morgan fingerprint density at radius 1 is 1.19 bits per heavy atom. The van der Waals surface area contributed by atoms with E-state index in [1.54, 1.807) is 23.4 Å². The van der Waals surface area contributed by atoms with Crippen LogP contribution in [0, 0.1) is 0 Å². The first-order chi connectivity index (χ1) is 12.6. The Kier molecular flexibility index (Phi) is 7.35. The third-order valence-electron chi connectivity index (χ3n) is 3.52. The van der Waals surface area contributed by atoms with Gasteiger partial charge in [-0.2, -0.15) is 0 Å². The normalized spacial score (nSPS) is 11.4. The lowest BCUT2D eigenvalue weighted by atomic mass is 10.2. The number of benzene rings is 1. The number of para-hydroxylation sites is 1. The van der Waals surface area contributed by atoms with E-state index in [0.29, 0.717) is 18.2 Å². The fourth-order valence-corrected chi connectivity index (χ4v) is 2.32. The van der Waals surface area contributed by atoms with E-state index in [2.05, 4.69) is 15.3 Å². The predicted molar refractivity (Wildman–Crippen MR) is 97.6 cm³/mol. The molecular weight excluding hydrogens is 334 g/mol. The molecule has 0 aliphatic carbocycles. The maximum Gasteiger partial charge on any atom is 0.408 e. The molecule has 0 fully saturated rings. The third-order valence-corrected chi connectivity index (χ3v) is 3.52. The molecule has 0 aliphatic rings. The summed E-state index contributed by atoms with van der Waals surface area (Å²) < 4.78 is 5.15. The number of carbonyl (C=O) groups excluding carboxylic acids is 2. The van der Waals surface area contributed by atoms with E-state index >= 15 is 0 Å². The molecule has 2 amide bonds. The molecule has 26 heavy (non-hydrogen) atoms. The number of nitrogens with one attached hydrogen (secondary N) is 1. The van der Waals surface area contributed by atoms with Crippen molar-refractivity contribution in [2.75, 3.05) is 11.5 Å². The summed E-state index contributed by atoms with van der Waals surface area (Å²) in [7, 11) is 0. The third kappa shape index (κ3) is 5.73. The van der Waals surface area contributed by atoms with Gasteiger partial charge in [0.15, 0.2) is 0 Å². The average Bonchev–Trinajstić information content (AvgIpc) is 2.63. The SMILES string of the molecule is CCCCOC(=O)NC(CC(N)=O)N(c1ccccc1)c1ncccn1. The van der Waals surface area contributed by atoms with Gasteiger partial charge in [-0.1, -0.05) is 31.5 Å². The van der Waals surface area contributed by atoms with Crippen LogP contribution in [-0.4, -0.2) is 34.7 Å². The number of anilines is 2. The molecule has 0 saturated carbocycles. The van der Waals surface area contributed by atoms with Crippen LogP contribution in [0.15, 0.2) is 48.8 Å². The Bertz CT molecular complexity index is 657. The summed E-state index contributed by atoms with van der Waals surface area (Å²) in [6, 6.07) is 10.9. The van der Waals surface area contributed by atoms with Gasteiger partial charge in [-0.15, -0.1) is 0 Å². The fraction of sp³-hybridized carbons (Fsp3) is 0.333. The Morgan fingerprint density at radius 3 is 2.50 bits per heavy atom. The Balaban J connectivity index is 2.29. The van der Waals surface area contributed by atoms with Crippen LogP contribution in [0.4, 0.5) is 16.4 Å². The van der Waals surface area contributed by atoms with Crippen LogP contribution in [0.5, 0.6) is 0 Å². The number of aromatic nitrogens is 2. The van der Waals surface area contributed by atoms with Crippen molar-refractivity contribution in [3.8, 4) is 0 Å². The number of nitrogens with zero attached hydrogens (tertiary/aromatic N) is 3. The van der Waals surface area contributed by atoms with Crippen molar-refractivity contribution in [2.24, 2.45) is 5.73 Å². The zero-order valence-electron chi connectivity index (χ0n) is 14.7. The van der Waals surface area contributed by atoms with Crippen molar-refractivity contribution in [3.05, 3.63) is 48.8 Å². The van der Waals surface area contributed by atoms with Gasteiger partial charge in [0, 0.05) is 18.1 Å². The van der Waals surface area contributed by atoms with Crippen LogP contribution < -0.4 is 16.0 Å². The molecular formula is C18H23N5O3. The molecule has 2 rings (SSSR count). The second kappa shape index (κ2) is 9.97. The molecule has 8 heteroatoms. The molecule has 1 atom stereocenters. The minimum Gasteiger partial charge on any atom is -0.450 e. The first-order valence-corrected chi connectivity index (χ1v) is 8.44. The van der Waals surface area contributed by atoms with Crippen molar-refractivity contribution in [1.29, 1.82) is 0 Å². The van der Waals surface area contributed by atoms with Crippen LogP contribution in [0.25, 0.3) is 0 Å². The zero-order chi connectivity index (χ0) is 18.8. The molecule has 138 valence electrons. The highest BCUT2D eigenvalue weighted by atomic mass is 16.5. The molecule has 1 unspecified atom stereocenters. The van der Waals surface area contributed by atoms with Gasteiger partial charge in [-0.3, -0.25) is 9.69 Å². The lowest BCUT2D eigenvalue weighted by Gasteiger charge is -2.31. The van der Waals surface area contributed by atoms with Gasteiger partial charge in [0.25, 0.3) is 0 Å². The topological polar surface area (TPSA) is 110 Å². The second-order valence-corrected chi connectivity index (χ2v) is 5.57. The van der Waals surface area contributed by atoms with Gasteiger partial charge in [0.1, 0.15) is 6.17 Å². The largest absolute Gasteiger partial charge is 0.450 e. The van der Waals surface area contributed by atoms with Gasteiger partial charge in [0.2, 0.25) is 11.9 Å². The van der Waals surface area contributed by atoms with Crippen molar-refractivity contribution in [3.63, 3.8) is 0 Å². The van der Waals surface area contributed by atoms with Crippen molar-refractivity contribution in [2.45, 2.75) is 32.4 Å². The number of nitrogens with two attached hydrogens (primary N) is 1. The number of carbonyl (C=O) groups is 2. The predicted octanol–water partition coefficient (Wildman–Crippen LogP) is 2.34. The van der Waals surface area contributed by atoms with Crippen LogP contribution in [-0.2, 0) is 9.53 Å². The number of unbranched alkanes of at least 4 members (excludes halogenated alkanes) is 1. The van der Waals surface area contributed by atoms with Crippen molar-refractivity contribution >= 4 is 23.6 Å². The molecule has 1 aromatic heterocycles. The van der Waals surface area contributed by atoms with Gasteiger partial charge in [0.05, 0.1) is 13.0 Å². The van der Waals surface area contributed by atoms with Crippen LogP contribution in [0.2, 0.25) is 0 Å². The van der Waals surface area contributed by atoms with Gasteiger partial charge in [-0.05, 0) is 24.6 Å². The van der Waals surface area contributed by atoms with Crippen molar-refractivity contribution < 1.29 is 14.3 Å². The fourth-order valence-electron chi connectivity index (χ4n) is 2.32. The summed E-state index contributed by atoms with van der Waals surface area (Å²) in [5.41, 5.74) is 6.09. The number of alkyl carbamates (subject to hydrolysis) is 1. The van der Waals surface area contributed by atoms with E-state index in [4.69, 9.17) is 10.5 Å². The molecule has 0 spiro atoms. The molecule has 0 bridgehead atoms. The summed E-state index contributed by atoms with van der Waals surface area (Å²) in [5.74, 6) is -0.237. The zero-order valence-corrected chi connectivity index (χ0v) is 14.7. The van der Waals surface area contributed by atoms with E-state index in [0.717, 1.165) is 12.8 Å². The highest BCUT2D eigenvalue weighted by Crippen LogP contribution is 2.24. The number of ether oxygens (including phenoxy) is 1. The number of amides is 2. The Labute approximate surface area is 152 Å². The second-order valence-electron chi connectivity index (χ2n) is 5.57. The first-order valence-electron chi connectivity index (χ1n) is 8.44. The molecule has 0 saturated heterocycles. The summed E-state index contributed by atoms with van der Waals surface area (Å²) in [6.07, 6.45) is 3.30.